The Bertz CT molecular complexity index is 108. The van der Waals surface area contributed by atoms with Crippen LogP contribution >= 0.6 is 0 Å². The van der Waals surface area contributed by atoms with Gasteiger partial charge in [0.05, 0.1) is 0 Å². The number of hydrogen-bond acceptors (Lipinski definition) is 2. The molecule has 0 amide bonds. The second kappa shape index (κ2) is 5.55. The van der Waals surface area contributed by atoms with E-state index in [0.29, 0.717) is 0 Å². The molecule has 0 aliphatic heterocycles. The van der Waals surface area contributed by atoms with Crippen LogP contribution in [-0.2, 0) is 0 Å². The van der Waals surface area contributed by atoms with Crippen LogP contribution in [0.5, 0.6) is 0 Å². The van der Waals surface area contributed by atoms with E-state index in [1.54, 1.807) is 0 Å². The zero-order chi connectivity index (χ0) is 9.61. The molecule has 0 saturated carbocycles. The Balaban J connectivity index is 3.47. The molecule has 2 heteroatoms. The molecular weight excluding hydrogens is 152 g/mol. The zero-order valence-corrected chi connectivity index (χ0v) is 8.51. The summed E-state index contributed by atoms with van der Waals surface area (Å²) in [4.78, 5) is 0. The van der Waals surface area contributed by atoms with Crippen molar-refractivity contribution in [3.63, 3.8) is 0 Å². The van der Waals surface area contributed by atoms with Crippen molar-refractivity contribution in [3.8, 4) is 0 Å². The van der Waals surface area contributed by atoms with E-state index < -0.39 is 6.29 Å². The Morgan fingerprint density at radius 3 is 2.08 bits per heavy atom. The van der Waals surface area contributed by atoms with Gasteiger partial charge in [0.25, 0.3) is 0 Å². The first kappa shape index (κ1) is 11.9. The first-order valence-corrected chi connectivity index (χ1v) is 4.87. The molecule has 0 saturated heterocycles. The Morgan fingerprint density at radius 2 is 1.67 bits per heavy atom. The van der Waals surface area contributed by atoms with Crippen LogP contribution in [0.15, 0.2) is 0 Å². The highest BCUT2D eigenvalue weighted by Crippen LogP contribution is 2.26. The van der Waals surface area contributed by atoms with Gasteiger partial charge in [-0.25, -0.2) is 0 Å². The molecule has 12 heavy (non-hydrogen) atoms. The minimum Gasteiger partial charge on any atom is -0.368 e. The average molecular weight is 174 g/mol. The van der Waals surface area contributed by atoms with E-state index in [9.17, 15) is 0 Å². The summed E-state index contributed by atoms with van der Waals surface area (Å²) >= 11 is 0. The second-order valence-corrected chi connectivity index (χ2v) is 4.17. The van der Waals surface area contributed by atoms with Gasteiger partial charge in [-0.2, -0.15) is 0 Å². The standard InChI is InChI=1S/C10H22O2/c1-4-5-6-7-8-10(2,3)9(11)12/h9,11-12H,4-8H2,1-3H3. The maximum absolute atomic E-state index is 8.99. The smallest absolute Gasteiger partial charge is 0.156 e. The Labute approximate surface area is 75.6 Å². The van der Waals surface area contributed by atoms with Crippen LogP contribution in [0.3, 0.4) is 0 Å². The van der Waals surface area contributed by atoms with E-state index in [1.165, 1.54) is 19.3 Å². The lowest BCUT2D eigenvalue weighted by molar-refractivity contribution is -0.124. The summed E-state index contributed by atoms with van der Waals surface area (Å²) in [5, 5.41) is 18.0. The largest absolute Gasteiger partial charge is 0.368 e. The van der Waals surface area contributed by atoms with Crippen molar-refractivity contribution in [2.45, 2.75) is 59.2 Å². The Kier molecular flexibility index (Phi) is 5.51. The number of aliphatic hydroxyl groups is 2. The van der Waals surface area contributed by atoms with Gasteiger partial charge in [0.15, 0.2) is 6.29 Å². The van der Waals surface area contributed by atoms with Gasteiger partial charge in [-0.15, -0.1) is 0 Å². The van der Waals surface area contributed by atoms with Gasteiger partial charge in [0.1, 0.15) is 0 Å². The third-order valence-electron chi connectivity index (χ3n) is 2.37. The predicted octanol–water partition coefficient (Wildman–Crippen LogP) is 2.29. The van der Waals surface area contributed by atoms with Crippen LogP contribution in [-0.4, -0.2) is 16.5 Å². The molecule has 0 radical (unpaired) electrons. The Morgan fingerprint density at radius 1 is 1.08 bits per heavy atom. The average Bonchev–Trinajstić information content (AvgIpc) is 1.98. The molecule has 0 spiro atoms. The molecule has 2 N–H and O–H groups in total. The van der Waals surface area contributed by atoms with Crippen molar-refractivity contribution in [1.29, 1.82) is 0 Å². The maximum Gasteiger partial charge on any atom is 0.156 e. The summed E-state index contributed by atoms with van der Waals surface area (Å²) in [6.45, 7) is 5.96. The first-order valence-electron chi connectivity index (χ1n) is 4.87. The lowest BCUT2D eigenvalue weighted by Crippen LogP contribution is -2.28. The molecular formula is C10H22O2. The third-order valence-corrected chi connectivity index (χ3v) is 2.37. The van der Waals surface area contributed by atoms with E-state index in [2.05, 4.69) is 6.92 Å². The van der Waals surface area contributed by atoms with Gasteiger partial charge < -0.3 is 10.2 Å². The summed E-state index contributed by atoms with van der Waals surface area (Å²) in [7, 11) is 0. The van der Waals surface area contributed by atoms with Crippen molar-refractivity contribution in [2.75, 3.05) is 0 Å². The molecule has 0 atom stereocenters. The van der Waals surface area contributed by atoms with Crippen molar-refractivity contribution in [3.05, 3.63) is 0 Å². The molecule has 0 unspecified atom stereocenters. The van der Waals surface area contributed by atoms with Gasteiger partial charge >= 0.3 is 0 Å². The molecule has 0 aromatic rings. The SMILES string of the molecule is CCCCCCC(C)(C)C(O)O. The van der Waals surface area contributed by atoms with Crippen LogP contribution in [0.2, 0.25) is 0 Å². The van der Waals surface area contributed by atoms with E-state index in [4.69, 9.17) is 10.2 Å². The maximum atomic E-state index is 8.99. The number of aliphatic hydroxyl groups excluding tert-OH is 1. The third kappa shape index (κ3) is 4.73. The highest BCUT2D eigenvalue weighted by Gasteiger charge is 2.24. The topological polar surface area (TPSA) is 40.5 Å². The molecule has 0 aromatic heterocycles. The lowest BCUT2D eigenvalue weighted by Gasteiger charge is -2.26. The number of unbranched alkanes of at least 4 members (excludes halogenated alkanes) is 3. The molecule has 0 rings (SSSR count). The second-order valence-electron chi connectivity index (χ2n) is 4.17. The minimum atomic E-state index is -1.18. The molecule has 0 fully saturated rings. The van der Waals surface area contributed by atoms with Crippen LogP contribution < -0.4 is 0 Å². The normalized spacial score (nSPS) is 12.5. The van der Waals surface area contributed by atoms with Crippen molar-refractivity contribution >= 4 is 0 Å². The summed E-state index contributed by atoms with van der Waals surface area (Å²) in [5.74, 6) is 0. The van der Waals surface area contributed by atoms with E-state index in [1.807, 2.05) is 13.8 Å². The van der Waals surface area contributed by atoms with Crippen LogP contribution in [0.1, 0.15) is 52.9 Å². The van der Waals surface area contributed by atoms with E-state index in [-0.39, 0.29) is 5.41 Å². The molecule has 0 aliphatic rings. The molecule has 0 aromatic carbocycles. The highest BCUT2D eigenvalue weighted by molar-refractivity contribution is 4.69. The van der Waals surface area contributed by atoms with Crippen molar-refractivity contribution < 1.29 is 10.2 Å². The fraction of sp³-hybridized carbons (Fsp3) is 1.00. The van der Waals surface area contributed by atoms with Gasteiger partial charge in [0, 0.05) is 5.41 Å². The van der Waals surface area contributed by atoms with E-state index in [0.717, 1.165) is 12.8 Å². The van der Waals surface area contributed by atoms with Crippen LogP contribution in [0.25, 0.3) is 0 Å². The highest BCUT2D eigenvalue weighted by atomic mass is 16.5. The molecule has 74 valence electrons. The number of hydrogen-bond donors (Lipinski definition) is 2. The first-order chi connectivity index (χ1) is 5.50. The number of rotatable bonds is 6. The predicted molar refractivity (Wildman–Crippen MR) is 50.8 cm³/mol. The monoisotopic (exact) mass is 174 g/mol. The van der Waals surface area contributed by atoms with Gasteiger partial charge in [-0.05, 0) is 6.42 Å². The summed E-state index contributed by atoms with van der Waals surface area (Å²) in [6, 6.07) is 0. The van der Waals surface area contributed by atoms with Gasteiger partial charge in [-0.3, -0.25) is 0 Å². The molecule has 0 heterocycles. The Hall–Kier alpha value is -0.0800. The fourth-order valence-corrected chi connectivity index (χ4v) is 1.14. The van der Waals surface area contributed by atoms with Gasteiger partial charge in [0.2, 0.25) is 0 Å². The fourth-order valence-electron chi connectivity index (χ4n) is 1.14. The lowest BCUT2D eigenvalue weighted by atomic mass is 9.86. The quantitative estimate of drug-likeness (QED) is 0.479. The van der Waals surface area contributed by atoms with Crippen molar-refractivity contribution in [2.24, 2.45) is 5.41 Å². The molecule has 0 bridgehead atoms. The summed E-state index contributed by atoms with van der Waals surface area (Å²) < 4.78 is 0. The minimum absolute atomic E-state index is 0.340. The molecule has 0 aliphatic carbocycles. The summed E-state index contributed by atoms with van der Waals surface area (Å²) in [6.07, 6.45) is 4.48. The van der Waals surface area contributed by atoms with Crippen molar-refractivity contribution in [1.82, 2.24) is 0 Å². The van der Waals surface area contributed by atoms with Gasteiger partial charge in [-0.1, -0.05) is 46.5 Å². The molecule has 2 nitrogen and oxygen atoms in total. The van der Waals surface area contributed by atoms with Crippen LogP contribution in [0, 0.1) is 5.41 Å². The summed E-state index contributed by atoms with van der Waals surface area (Å²) in [5.41, 5.74) is -0.340. The zero-order valence-electron chi connectivity index (χ0n) is 8.51. The van der Waals surface area contributed by atoms with E-state index >= 15 is 0 Å². The van der Waals surface area contributed by atoms with Crippen LogP contribution in [0.4, 0.5) is 0 Å².